The van der Waals surface area contributed by atoms with Crippen molar-refractivity contribution in [3.8, 4) is 11.3 Å². The minimum absolute atomic E-state index is 0.269. The second-order valence-corrected chi connectivity index (χ2v) is 3.89. The summed E-state index contributed by atoms with van der Waals surface area (Å²) in [4.78, 5) is 0. The largest absolute Gasteiger partial charge is 0.399 e. The second kappa shape index (κ2) is 3.59. The quantitative estimate of drug-likeness (QED) is 0.628. The number of rotatable bonds is 1. The summed E-state index contributed by atoms with van der Waals surface area (Å²) < 4.78 is 13.2. The normalized spacial score (nSPS) is 10.9. The van der Waals surface area contributed by atoms with Gasteiger partial charge in [-0.25, -0.2) is 4.39 Å². The summed E-state index contributed by atoms with van der Waals surface area (Å²) in [6, 6.07) is 11.9. The average molecular weight is 227 g/mol. The number of H-pyrrole nitrogens is 1. The Morgan fingerprint density at radius 3 is 2.82 bits per heavy atom. The Labute approximate surface area is 97.1 Å². The van der Waals surface area contributed by atoms with Crippen LogP contribution in [0, 0.1) is 5.82 Å². The second-order valence-electron chi connectivity index (χ2n) is 3.89. The van der Waals surface area contributed by atoms with Crippen molar-refractivity contribution in [2.45, 2.75) is 0 Å². The molecular formula is C13H10FN3. The van der Waals surface area contributed by atoms with Gasteiger partial charge in [0.05, 0.1) is 5.52 Å². The lowest BCUT2D eigenvalue weighted by Gasteiger charge is -1.98. The molecule has 0 spiro atoms. The van der Waals surface area contributed by atoms with E-state index in [1.54, 1.807) is 12.1 Å². The summed E-state index contributed by atoms with van der Waals surface area (Å²) in [5, 5.41) is 8.03. The summed E-state index contributed by atoms with van der Waals surface area (Å²) >= 11 is 0. The molecule has 0 unspecified atom stereocenters. The zero-order chi connectivity index (χ0) is 11.8. The number of benzene rings is 2. The number of nitrogen functional groups attached to an aromatic ring is 1. The molecule has 0 fully saturated rings. The molecule has 1 aromatic heterocycles. The lowest BCUT2D eigenvalue weighted by molar-refractivity contribution is 0.628. The van der Waals surface area contributed by atoms with E-state index in [1.165, 1.54) is 12.1 Å². The van der Waals surface area contributed by atoms with Crippen LogP contribution < -0.4 is 5.73 Å². The van der Waals surface area contributed by atoms with E-state index in [2.05, 4.69) is 10.2 Å². The number of nitrogens with two attached hydrogens (primary N) is 1. The van der Waals surface area contributed by atoms with Crippen molar-refractivity contribution >= 4 is 16.6 Å². The fourth-order valence-corrected chi connectivity index (χ4v) is 1.89. The number of anilines is 1. The average Bonchev–Trinajstić information content (AvgIpc) is 2.71. The molecule has 1 heterocycles. The van der Waals surface area contributed by atoms with Crippen LogP contribution in [0.4, 0.5) is 10.1 Å². The van der Waals surface area contributed by atoms with Crippen LogP contribution in [0.5, 0.6) is 0 Å². The number of hydrogen-bond donors (Lipinski definition) is 2. The van der Waals surface area contributed by atoms with Crippen molar-refractivity contribution in [3.63, 3.8) is 0 Å². The third-order valence-corrected chi connectivity index (χ3v) is 2.68. The van der Waals surface area contributed by atoms with Crippen LogP contribution in [0.3, 0.4) is 0 Å². The van der Waals surface area contributed by atoms with E-state index in [4.69, 9.17) is 5.73 Å². The zero-order valence-corrected chi connectivity index (χ0v) is 8.94. The number of nitrogens with zero attached hydrogens (tertiary/aromatic N) is 1. The molecule has 3 aromatic rings. The van der Waals surface area contributed by atoms with Crippen LogP contribution in [0.25, 0.3) is 22.2 Å². The van der Waals surface area contributed by atoms with E-state index >= 15 is 0 Å². The molecule has 17 heavy (non-hydrogen) atoms. The molecule has 0 bridgehead atoms. The van der Waals surface area contributed by atoms with Crippen molar-refractivity contribution in [1.29, 1.82) is 0 Å². The Morgan fingerprint density at radius 2 is 2.00 bits per heavy atom. The van der Waals surface area contributed by atoms with E-state index in [9.17, 15) is 4.39 Å². The molecule has 84 valence electrons. The van der Waals surface area contributed by atoms with E-state index in [0.717, 1.165) is 22.2 Å². The van der Waals surface area contributed by atoms with E-state index in [-0.39, 0.29) is 5.82 Å². The van der Waals surface area contributed by atoms with Crippen LogP contribution in [0.15, 0.2) is 42.5 Å². The predicted octanol–water partition coefficient (Wildman–Crippen LogP) is 2.95. The third-order valence-electron chi connectivity index (χ3n) is 2.68. The lowest BCUT2D eigenvalue weighted by atomic mass is 10.1. The van der Waals surface area contributed by atoms with E-state index in [1.807, 2.05) is 18.2 Å². The molecule has 2 aromatic carbocycles. The summed E-state index contributed by atoms with van der Waals surface area (Å²) in [6.07, 6.45) is 0. The van der Waals surface area contributed by atoms with Crippen LogP contribution in [-0.2, 0) is 0 Å². The van der Waals surface area contributed by atoms with Crippen LogP contribution in [0.1, 0.15) is 0 Å². The summed E-state index contributed by atoms with van der Waals surface area (Å²) in [5.74, 6) is -0.269. The Hall–Kier alpha value is -2.36. The molecule has 0 radical (unpaired) electrons. The molecule has 0 saturated heterocycles. The highest BCUT2D eigenvalue weighted by Gasteiger charge is 2.08. The van der Waals surface area contributed by atoms with Crippen molar-refractivity contribution in [3.05, 3.63) is 48.3 Å². The highest BCUT2D eigenvalue weighted by molar-refractivity contribution is 5.94. The number of aromatic amines is 1. The van der Waals surface area contributed by atoms with Crippen molar-refractivity contribution in [2.75, 3.05) is 5.73 Å². The van der Waals surface area contributed by atoms with Gasteiger partial charge in [0.2, 0.25) is 0 Å². The molecule has 0 atom stereocenters. The van der Waals surface area contributed by atoms with Crippen molar-refractivity contribution in [1.82, 2.24) is 10.2 Å². The van der Waals surface area contributed by atoms with Crippen LogP contribution >= 0.6 is 0 Å². The summed E-state index contributed by atoms with van der Waals surface area (Å²) in [5.41, 5.74) is 8.70. The minimum Gasteiger partial charge on any atom is -0.399 e. The van der Waals surface area contributed by atoms with Crippen molar-refractivity contribution in [2.24, 2.45) is 0 Å². The molecule has 3 N–H and O–H groups in total. The fourth-order valence-electron chi connectivity index (χ4n) is 1.89. The smallest absolute Gasteiger partial charge is 0.123 e. The SMILES string of the molecule is Nc1ccc2c(-c3cccc(F)c3)n[nH]c2c1. The van der Waals surface area contributed by atoms with Gasteiger partial charge in [-0.3, -0.25) is 5.10 Å². The van der Waals surface area contributed by atoms with Gasteiger partial charge in [0.1, 0.15) is 11.5 Å². The predicted molar refractivity (Wildman–Crippen MR) is 65.9 cm³/mol. The molecule has 0 saturated carbocycles. The van der Waals surface area contributed by atoms with E-state index < -0.39 is 0 Å². The molecule has 3 nitrogen and oxygen atoms in total. The Morgan fingerprint density at radius 1 is 1.12 bits per heavy atom. The molecule has 3 rings (SSSR count). The molecule has 4 heteroatoms. The maximum atomic E-state index is 13.2. The first kappa shape index (κ1) is 9.84. The third kappa shape index (κ3) is 1.63. The number of hydrogen-bond acceptors (Lipinski definition) is 2. The number of aromatic nitrogens is 2. The van der Waals surface area contributed by atoms with Gasteiger partial charge in [-0.1, -0.05) is 12.1 Å². The van der Waals surface area contributed by atoms with Gasteiger partial charge < -0.3 is 5.73 Å². The first-order chi connectivity index (χ1) is 8.24. The summed E-state index contributed by atoms with van der Waals surface area (Å²) in [7, 11) is 0. The van der Waals surface area contributed by atoms with Gasteiger partial charge in [-0.15, -0.1) is 0 Å². The zero-order valence-electron chi connectivity index (χ0n) is 8.94. The Balaban J connectivity index is 2.24. The standard InChI is InChI=1S/C13H10FN3/c14-9-3-1-2-8(6-9)13-11-5-4-10(15)7-12(11)16-17-13/h1-7H,15H2,(H,16,17). The van der Waals surface area contributed by atoms with E-state index in [0.29, 0.717) is 5.69 Å². The van der Waals surface area contributed by atoms with Gasteiger partial charge in [0, 0.05) is 16.6 Å². The van der Waals surface area contributed by atoms with Crippen LogP contribution in [-0.4, -0.2) is 10.2 Å². The van der Waals surface area contributed by atoms with Gasteiger partial charge in [-0.2, -0.15) is 5.10 Å². The fraction of sp³-hybridized carbons (Fsp3) is 0. The number of fused-ring (bicyclic) bond motifs is 1. The van der Waals surface area contributed by atoms with Gasteiger partial charge in [-0.05, 0) is 30.3 Å². The maximum Gasteiger partial charge on any atom is 0.123 e. The minimum atomic E-state index is -0.269. The van der Waals surface area contributed by atoms with Gasteiger partial charge in [0.15, 0.2) is 0 Å². The molecule has 0 aliphatic rings. The maximum absolute atomic E-state index is 13.2. The van der Waals surface area contributed by atoms with Crippen molar-refractivity contribution < 1.29 is 4.39 Å². The molecule has 0 aliphatic carbocycles. The van der Waals surface area contributed by atoms with Gasteiger partial charge >= 0.3 is 0 Å². The highest BCUT2D eigenvalue weighted by atomic mass is 19.1. The number of halogens is 1. The summed E-state index contributed by atoms with van der Waals surface area (Å²) in [6.45, 7) is 0. The van der Waals surface area contributed by atoms with Gasteiger partial charge in [0.25, 0.3) is 0 Å². The first-order valence-corrected chi connectivity index (χ1v) is 5.23. The highest BCUT2D eigenvalue weighted by Crippen LogP contribution is 2.27. The first-order valence-electron chi connectivity index (χ1n) is 5.23. The number of nitrogens with one attached hydrogen (secondary N) is 1. The molecule has 0 aliphatic heterocycles. The Kier molecular flexibility index (Phi) is 2.08. The Bertz CT molecular complexity index is 688. The molecule has 0 amide bonds. The lowest BCUT2D eigenvalue weighted by Crippen LogP contribution is -1.83. The van der Waals surface area contributed by atoms with Crippen LogP contribution in [0.2, 0.25) is 0 Å². The monoisotopic (exact) mass is 227 g/mol. The molecular weight excluding hydrogens is 217 g/mol. The topological polar surface area (TPSA) is 54.7 Å².